The van der Waals surface area contributed by atoms with Gasteiger partial charge in [-0.1, -0.05) is 29.8 Å². The molecular weight excluding hydrogens is 260 g/mol. The van der Waals surface area contributed by atoms with Crippen LogP contribution in [0.1, 0.15) is 46.4 Å². The molecule has 2 rings (SSSR count). The highest BCUT2D eigenvalue weighted by atomic mass is 16.5. The maximum atomic E-state index is 9.86. The lowest BCUT2D eigenvalue weighted by molar-refractivity contribution is 0.190. The van der Waals surface area contributed by atoms with E-state index in [1.165, 1.54) is 22.3 Å². The van der Waals surface area contributed by atoms with E-state index in [0.29, 0.717) is 6.61 Å². The Bertz CT molecular complexity index is 619. The molecule has 2 aromatic carbocycles. The van der Waals surface area contributed by atoms with Crippen molar-refractivity contribution in [1.29, 1.82) is 0 Å². The first-order valence-corrected chi connectivity index (χ1v) is 7.36. The molecule has 0 aliphatic rings. The monoisotopic (exact) mass is 284 g/mol. The van der Waals surface area contributed by atoms with E-state index in [9.17, 15) is 5.11 Å². The van der Waals surface area contributed by atoms with Crippen LogP contribution in [0.4, 0.5) is 0 Å². The Kier molecular flexibility index (Phi) is 4.69. The third-order valence-electron chi connectivity index (χ3n) is 3.83. The van der Waals surface area contributed by atoms with Crippen molar-refractivity contribution in [2.45, 2.75) is 47.3 Å². The molecule has 0 aliphatic heterocycles. The number of hydrogen-bond acceptors (Lipinski definition) is 2. The van der Waals surface area contributed by atoms with E-state index in [-0.39, 0.29) is 0 Å². The summed E-state index contributed by atoms with van der Waals surface area (Å²) in [7, 11) is 0. The molecule has 0 amide bonds. The van der Waals surface area contributed by atoms with Crippen LogP contribution in [-0.4, -0.2) is 5.11 Å². The van der Waals surface area contributed by atoms with Gasteiger partial charge in [-0.25, -0.2) is 0 Å². The second-order valence-electron chi connectivity index (χ2n) is 5.88. The number of aliphatic hydroxyl groups is 1. The van der Waals surface area contributed by atoms with Gasteiger partial charge in [0.15, 0.2) is 0 Å². The molecule has 1 N–H and O–H groups in total. The smallest absolute Gasteiger partial charge is 0.125 e. The van der Waals surface area contributed by atoms with Gasteiger partial charge in [-0.05, 0) is 62.9 Å². The van der Waals surface area contributed by atoms with E-state index in [2.05, 4.69) is 32.9 Å². The summed E-state index contributed by atoms with van der Waals surface area (Å²) in [6.07, 6.45) is -0.527. The summed E-state index contributed by atoms with van der Waals surface area (Å²) in [5, 5.41) is 9.86. The molecule has 21 heavy (non-hydrogen) atoms. The van der Waals surface area contributed by atoms with E-state index >= 15 is 0 Å². The van der Waals surface area contributed by atoms with Crippen LogP contribution < -0.4 is 4.74 Å². The molecule has 1 atom stereocenters. The Morgan fingerprint density at radius 1 is 0.952 bits per heavy atom. The minimum Gasteiger partial charge on any atom is -0.488 e. The first-order chi connectivity index (χ1) is 9.88. The van der Waals surface area contributed by atoms with Crippen molar-refractivity contribution in [3.63, 3.8) is 0 Å². The molecule has 0 aliphatic carbocycles. The van der Waals surface area contributed by atoms with Crippen LogP contribution in [0.5, 0.6) is 5.75 Å². The molecule has 0 unspecified atom stereocenters. The number of aliphatic hydroxyl groups excluding tert-OH is 1. The van der Waals surface area contributed by atoms with Crippen LogP contribution in [0.3, 0.4) is 0 Å². The molecule has 2 nitrogen and oxygen atoms in total. The second-order valence-corrected chi connectivity index (χ2v) is 5.88. The minimum atomic E-state index is -0.527. The van der Waals surface area contributed by atoms with E-state index in [1.54, 1.807) is 6.92 Å². The van der Waals surface area contributed by atoms with Gasteiger partial charge >= 0.3 is 0 Å². The first-order valence-electron chi connectivity index (χ1n) is 7.36. The van der Waals surface area contributed by atoms with Gasteiger partial charge in [0, 0.05) is 5.56 Å². The number of benzene rings is 2. The SMILES string of the molecule is Cc1cc(C)c(COc2cc(C)ccc2[C@H](C)O)c(C)c1. The fraction of sp³-hybridized carbons (Fsp3) is 0.368. The molecule has 2 aromatic rings. The summed E-state index contributed by atoms with van der Waals surface area (Å²) in [4.78, 5) is 0. The van der Waals surface area contributed by atoms with Gasteiger partial charge in [0.05, 0.1) is 6.10 Å². The predicted molar refractivity (Wildman–Crippen MR) is 86.8 cm³/mol. The summed E-state index contributed by atoms with van der Waals surface area (Å²) in [5.74, 6) is 0.768. The highest BCUT2D eigenvalue weighted by Gasteiger charge is 2.11. The Hall–Kier alpha value is -1.80. The van der Waals surface area contributed by atoms with E-state index < -0.39 is 6.10 Å². The summed E-state index contributed by atoms with van der Waals surface area (Å²) in [6, 6.07) is 10.3. The van der Waals surface area contributed by atoms with Gasteiger partial charge in [0.2, 0.25) is 0 Å². The lowest BCUT2D eigenvalue weighted by Gasteiger charge is -2.17. The molecule has 0 heterocycles. The Balaban J connectivity index is 2.26. The van der Waals surface area contributed by atoms with Crippen molar-refractivity contribution < 1.29 is 9.84 Å². The maximum absolute atomic E-state index is 9.86. The van der Waals surface area contributed by atoms with Crippen LogP contribution in [0.15, 0.2) is 30.3 Å². The lowest BCUT2D eigenvalue weighted by Crippen LogP contribution is -2.04. The summed E-state index contributed by atoms with van der Waals surface area (Å²) < 4.78 is 6.01. The van der Waals surface area contributed by atoms with Gasteiger partial charge in [-0.3, -0.25) is 0 Å². The number of hydrogen-bond donors (Lipinski definition) is 1. The highest BCUT2D eigenvalue weighted by molar-refractivity contribution is 5.40. The van der Waals surface area contributed by atoms with Crippen LogP contribution in [0.2, 0.25) is 0 Å². The van der Waals surface area contributed by atoms with Crippen molar-refractivity contribution in [3.8, 4) is 5.75 Å². The molecule has 2 heteroatoms. The second kappa shape index (κ2) is 6.31. The topological polar surface area (TPSA) is 29.5 Å². The van der Waals surface area contributed by atoms with Gasteiger partial charge in [-0.2, -0.15) is 0 Å². The van der Waals surface area contributed by atoms with Gasteiger partial charge in [0.1, 0.15) is 12.4 Å². The fourth-order valence-electron chi connectivity index (χ4n) is 2.70. The molecule has 112 valence electrons. The van der Waals surface area contributed by atoms with E-state index in [1.807, 2.05) is 25.1 Å². The van der Waals surface area contributed by atoms with Gasteiger partial charge in [-0.15, -0.1) is 0 Å². The predicted octanol–water partition coefficient (Wildman–Crippen LogP) is 4.55. The molecule has 0 fully saturated rings. The van der Waals surface area contributed by atoms with Crippen LogP contribution >= 0.6 is 0 Å². The van der Waals surface area contributed by atoms with Crippen LogP contribution in [0.25, 0.3) is 0 Å². The molecular formula is C19H24O2. The van der Waals surface area contributed by atoms with Crippen LogP contribution in [0, 0.1) is 27.7 Å². The summed E-state index contributed by atoms with van der Waals surface area (Å²) in [6.45, 7) is 10.7. The van der Waals surface area contributed by atoms with Crippen LogP contribution in [-0.2, 0) is 6.61 Å². The molecule has 0 aromatic heterocycles. The van der Waals surface area contributed by atoms with Crippen molar-refractivity contribution in [1.82, 2.24) is 0 Å². The lowest BCUT2D eigenvalue weighted by atomic mass is 10.0. The fourth-order valence-corrected chi connectivity index (χ4v) is 2.70. The molecule has 0 spiro atoms. The third kappa shape index (κ3) is 3.64. The largest absolute Gasteiger partial charge is 0.488 e. The summed E-state index contributed by atoms with van der Waals surface area (Å²) in [5.41, 5.74) is 6.96. The first kappa shape index (κ1) is 15.6. The van der Waals surface area contributed by atoms with E-state index in [0.717, 1.165) is 16.9 Å². The number of rotatable bonds is 4. The minimum absolute atomic E-state index is 0.527. The van der Waals surface area contributed by atoms with Gasteiger partial charge in [0.25, 0.3) is 0 Å². The molecule has 0 saturated heterocycles. The quantitative estimate of drug-likeness (QED) is 0.892. The molecule has 0 bridgehead atoms. The average molecular weight is 284 g/mol. The van der Waals surface area contributed by atoms with E-state index in [4.69, 9.17) is 4.74 Å². The van der Waals surface area contributed by atoms with Crippen molar-refractivity contribution in [2.75, 3.05) is 0 Å². The van der Waals surface area contributed by atoms with Gasteiger partial charge < -0.3 is 9.84 Å². The molecule has 0 saturated carbocycles. The average Bonchev–Trinajstić information content (AvgIpc) is 2.37. The highest BCUT2D eigenvalue weighted by Crippen LogP contribution is 2.28. The number of aryl methyl sites for hydroxylation is 4. The number of ether oxygens (including phenoxy) is 1. The zero-order chi connectivity index (χ0) is 15.6. The third-order valence-corrected chi connectivity index (χ3v) is 3.83. The maximum Gasteiger partial charge on any atom is 0.125 e. The van der Waals surface area contributed by atoms with Crippen molar-refractivity contribution in [3.05, 3.63) is 63.7 Å². The normalized spacial score (nSPS) is 12.3. The molecule has 0 radical (unpaired) electrons. The Labute approximate surface area is 127 Å². The zero-order valence-corrected chi connectivity index (χ0v) is 13.5. The van der Waals surface area contributed by atoms with Crippen molar-refractivity contribution >= 4 is 0 Å². The summed E-state index contributed by atoms with van der Waals surface area (Å²) >= 11 is 0. The Morgan fingerprint density at radius 2 is 1.57 bits per heavy atom. The standard InChI is InChI=1S/C19H24O2/c1-12-6-7-17(16(5)20)19(10-12)21-11-18-14(3)8-13(2)9-15(18)4/h6-10,16,20H,11H2,1-5H3/t16-/m0/s1. The van der Waals surface area contributed by atoms with Crippen molar-refractivity contribution in [2.24, 2.45) is 0 Å². The Morgan fingerprint density at radius 3 is 2.14 bits per heavy atom. The zero-order valence-electron chi connectivity index (χ0n) is 13.5.